The minimum Gasteiger partial charge on any atom is -0.422 e. The molecule has 0 unspecified atom stereocenters. The van der Waals surface area contributed by atoms with Crippen molar-refractivity contribution in [2.45, 2.75) is 13.8 Å². The maximum absolute atomic E-state index is 13.3. The number of nitrogens with zero attached hydrogens (tertiary/aromatic N) is 2. The molecule has 0 amide bonds. The fourth-order valence-corrected chi connectivity index (χ4v) is 3.79. The van der Waals surface area contributed by atoms with Crippen LogP contribution in [0, 0.1) is 24.0 Å². The Morgan fingerprint density at radius 2 is 1.41 bits per heavy atom. The molecule has 0 spiro atoms. The van der Waals surface area contributed by atoms with E-state index >= 15 is 0 Å². The number of rotatable bonds is 3. The summed E-state index contributed by atoms with van der Waals surface area (Å²) in [6.45, 7) is 3.40. The van der Waals surface area contributed by atoms with Crippen molar-refractivity contribution in [2.24, 2.45) is 7.05 Å². The minimum absolute atomic E-state index is 0.0255. The Labute approximate surface area is 167 Å². The van der Waals surface area contributed by atoms with Gasteiger partial charge in [0.05, 0.1) is 21.3 Å². The van der Waals surface area contributed by atoms with Crippen LogP contribution in [0.25, 0.3) is 21.8 Å². The van der Waals surface area contributed by atoms with Gasteiger partial charge < -0.3 is 4.74 Å². The highest BCUT2D eigenvalue weighted by atomic mass is 16.6. The van der Waals surface area contributed by atoms with E-state index in [0.29, 0.717) is 22.4 Å². The second kappa shape index (κ2) is 6.98. The fourth-order valence-electron chi connectivity index (χ4n) is 3.79. The molecule has 6 nitrogen and oxygen atoms in total. The highest BCUT2D eigenvalue weighted by molar-refractivity contribution is 6.13. The number of pyridine rings is 1. The van der Waals surface area contributed by atoms with E-state index in [4.69, 9.17) is 4.74 Å². The standard InChI is InChI=1S/C23H19N2O4/c1-14-12-16(25(27)28)13-15(2)22(14)29-23(26)21-17-8-4-6-10-19(17)24(3)20-11-7-5-9-18(20)21/h4-13H,1-3H3/q+1. The van der Waals surface area contributed by atoms with Crippen LogP contribution in [0.4, 0.5) is 5.69 Å². The Balaban J connectivity index is 1.90. The highest BCUT2D eigenvalue weighted by Crippen LogP contribution is 2.31. The summed E-state index contributed by atoms with van der Waals surface area (Å²) < 4.78 is 7.83. The molecule has 0 atom stereocenters. The summed E-state index contributed by atoms with van der Waals surface area (Å²) in [6, 6.07) is 18.2. The largest absolute Gasteiger partial charge is 0.422 e. The lowest BCUT2D eigenvalue weighted by Gasteiger charge is -2.13. The molecular formula is C23H19N2O4+. The number of nitro groups is 1. The van der Waals surface area contributed by atoms with E-state index in [2.05, 4.69) is 0 Å². The Kier molecular flexibility index (Phi) is 4.47. The Hall–Kier alpha value is -3.80. The van der Waals surface area contributed by atoms with Gasteiger partial charge in [-0.15, -0.1) is 0 Å². The molecule has 0 saturated heterocycles. The van der Waals surface area contributed by atoms with Gasteiger partial charge >= 0.3 is 5.97 Å². The summed E-state index contributed by atoms with van der Waals surface area (Å²) in [7, 11) is 1.96. The van der Waals surface area contributed by atoms with Gasteiger partial charge in [-0.2, -0.15) is 4.57 Å². The second-order valence-electron chi connectivity index (χ2n) is 7.02. The fraction of sp³-hybridized carbons (Fsp3) is 0.130. The van der Waals surface area contributed by atoms with Crippen LogP contribution in [-0.2, 0) is 7.05 Å². The molecule has 0 aliphatic carbocycles. The molecule has 0 saturated carbocycles. The highest BCUT2D eigenvalue weighted by Gasteiger charge is 2.25. The summed E-state index contributed by atoms with van der Waals surface area (Å²) in [4.78, 5) is 23.9. The van der Waals surface area contributed by atoms with Crippen LogP contribution in [0.2, 0.25) is 0 Å². The van der Waals surface area contributed by atoms with Crippen molar-refractivity contribution in [3.05, 3.63) is 87.5 Å². The smallest absolute Gasteiger partial charge is 0.345 e. The first kappa shape index (κ1) is 18.6. The van der Waals surface area contributed by atoms with Crippen molar-refractivity contribution >= 4 is 33.5 Å². The first-order valence-electron chi connectivity index (χ1n) is 9.15. The first-order chi connectivity index (χ1) is 13.9. The van der Waals surface area contributed by atoms with Gasteiger partial charge in [-0.1, -0.05) is 24.3 Å². The number of fused-ring (bicyclic) bond motifs is 2. The van der Waals surface area contributed by atoms with E-state index in [1.165, 1.54) is 12.1 Å². The normalized spacial score (nSPS) is 11.0. The molecule has 3 aromatic carbocycles. The van der Waals surface area contributed by atoms with Crippen molar-refractivity contribution in [1.29, 1.82) is 0 Å². The van der Waals surface area contributed by atoms with Gasteiger partial charge in [-0.3, -0.25) is 10.1 Å². The Bertz CT molecular complexity index is 1230. The van der Waals surface area contributed by atoms with Gasteiger partial charge in [0.2, 0.25) is 11.0 Å². The molecule has 0 radical (unpaired) electrons. The van der Waals surface area contributed by atoms with Crippen molar-refractivity contribution in [1.82, 2.24) is 0 Å². The number of esters is 1. The molecule has 29 heavy (non-hydrogen) atoms. The van der Waals surface area contributed by atoms with Crippen LogP contribution in [0.3, 0.4) is 0 Å². The average molecular weight is 387 g/mol. The molecule has 6 heteroatoms. The van der Waals surface area contributed by atoms with Crippen LogP contribution in [-0.4, -0.2) is 10.9 Å². The predicted molar refractivity (Wildman–Crippen MR) is 110 cm³/mol. The molecule has 1 aromatic heterocycles. The number of benzene rings is 3. The first-order valence-corrected chi connectivity index (χ1v) is 9.15. The van der Waals surface area contributed by atoms with Gasteiger partial charge in [0, 0.05) is 24.3 Å². The van der Waals surface area contributed by atoms with E-state index in [0.717, 1.165) is 21.8 Å². The zero-order valence-electron chi connectivity index (χ0n) is 16.3. The van der Waals surface area contributed by atoms with E-state index in [1.807, 2.05) is 60.1 Å². The topological polar surface area (TPSA) is 73.3 Å². The number of carbonyl (C=O) groups excluding carboxylic acids is 1. The molecule has 1 heterocycles. The zero-order valence-corrected chi connectivity index (χ0v) is 16.3. The molecule has 4 aromatic rings. The molecule has 0 fully saturated rings. The molecule has 0 bridgehead atoms. The van der Waals surface area contributed by atoms with Crippen molar-refractivity contribution in [2.75, 3.05) is 0 Å². The number of aromatic nitrogens is 1. The van der Waals surface area contributed by atoms with Gasteiger partial charge in [-0.25, -0.2) is 4.79 Å². The van der Waals surface area contributed by atoms with E-state index < -0.39 is 10.9 Å². The Morgan fingerprint density at radius 3 is 1.90 bits per heavy atom. The van der Waals surface area contributed by atoms with Crippen LogP contribution in [0.1, 0.15) is 21.5 Å². The van der Waals surface area contributed by atoms with Crippen LogP contribution in [0.15, 0.2) is 60.7 Å². The number of aryl methyl sites for hydroxylation is 3. The number of hydrogen-bond donors (Lipinski definition) is 0. The summed E-state index contributed by atoms with van der Waals surface area (Å²) in [5.41, 5.74) is 3.36. The molecule has 0 N–H and O–H groups in total. The number of para-hydroxylation sites is 2. The summed E-state index contributed by atoms with van der Waals surface area (Å²) >= 11 is 0. The van der Waals surface area contributed by atoms with Gasteiger partial charge in [0.15, 0.2) is 0 Å². The van der Waals surface area contributed by atoms with Gasteiger partial charge in [0.25, 0.3) is 5.69 Å². The van der Waals surface area contributed by atoms with Crippen LogP contribution in [0.5, 0.6) is 5.75 Å². The third-order valence-electron chi connectivity index (χ3n) is 5.12. The maximum Gasteiger partial charge on any atom is 0.345 e. The predicted octanol–water partition coefficient (Wildman–Crippen LogP) is 4.56. The molecule has 0 aliphatic heterocycles. The third-order valence-corrected chi connectivity index (χ3v) is 5.12. The Morgan fingerprint density at radius 1 is 0.931 bits per heavy atom. The van der Waals surface area contributed by atoms with Crippen molar-refractivity contribution < 1.29 is 19.0 Å². The van der Waals surface area contributed by atoms with E-state index in [1.54, 1.807) is 13.8 Å². The summed E-state index contributed by atoms with van der Waals surface area (Å²) in [5.74, 6) is -0.139. The third kappa shape index (κ3) is 3.08. The maximum atomic E-state index is 13.3. The number of hydrogen-bond acceptors (Lipinski definition) is 4. The van der Waals surface area contributed by atoms with E-state index in [-0.39, 0.29) is 5.69 Å². The van der Waals surface area contributed by atoms with Gasteiger partial charge in [0.1, 0.15) is 12.8 Å². The zero-order chi connectivity index (χ0) is 20.7. The SMILES string of the molecule is Cc1cc([N+](=O)[O-])cc(C)c1OC(=O)c1c2ccccc2[n+](C)c2ccccc12. The average Bonchev–Trinajstić information content (AvgIpc) is 2.71. The lowest BCUT2D eigenvalue weighted by molar-refractivity contribution is -0.617. The second-order valence-corrected chi connectivity index (χ2v) is 7.02. The minimum atomic E-state index is -0.488. The number of carbonyl (C=O) groups is 1. The van der Waals surface area contributed by atoms with Crippen molar-refractivity contribution in [3.8, 4) is 5.75 Å². The number of non-ortho nitro benzene ring substituents is 1. The molecular weight excluding hydrogens is 368 g/mol. The summed E-state index contributed by atoms with van der Waals surface area (Å²) in [6.07, 6.45) is 0. The van der Waals surface area contributed by atoms with E-state index in [9.17, 15) is 14.9 Å². The quantitative estimate of drug-likeness (QED) is 0.129. The van der Waals surface area contributed by atoms with Crippen LogP contribution >= 0.6 is 0 Å². The number of ether oxygens (including phenoxy) is 1. The molecule has 0 aliphatic rings. The van der Waals surface area contributed by atoms with Crippen LogP contribution < -0.4 is 9.30 Å². The number of nitro benzene ring substituents is 1. The monoisotopic (exact) mass is 387 g/mol. The lowest BCUT2D eigenvalue weighted by Crippen LogP contribution is -2.31. The van der Waals surface area contributed by atoms with Gasteiger partial charge in [-0.05, 0) is 37.1 Å². The molecule has 144 valence electrons. The summed E-state index contributed by atoms with van der Waals surface area (Å²) in [5, 5.41) is 12.7. The van der Waals surface area contributed by atoms with Crippen molar-refractivity contribution in [3.63, 3.8) is 0 Å². The molecule has 4 rings (SSSR count). The lowest BCUT2D eigenvalue weighted by atomic mass is 10.0.